The van der Waals surface area contributed by atoms with Crippen LogP contribution in [0, 0.1) is 11.6 Å². The van der Waals surface area contributed by atoms with Crippen LogP contribution >= 0.6 is 0 Å². The van der Waals surface area contributed by atoms with Crippen LogP contribution in [0.1, 0.15) is 15.9 Å². The molecule has 0 spiro atoms. The number of aromatic nitrogens is 1. The Morgan fingerprint density at radius 1 is 1.40 bits per heavy atom. The number of benzene rings is 1. The molecule has 0 saturated carbocycles. The quantitative estimate of drug-likeness (QED) is 0.832. The first-order valence-corrected chi connectivity index (χ1v) is 5.61. The number of pyridine rings is 1. The highest BCUT2D eigenvalue weighted by atomic mass is 19.2. The molecule has 0 fully saturated rings. The molecule has 0 unspecified atom stereocenters. The lowest BCUT2D eigenvalue weighted by Crippen LogP contribution is -2.32. The molecular formula is C12H8F2N2O4. The SMILES string of the molecule is O=C(O)c1cn2c3c(c(F)c(F)cc3c1=O)CN2CO. The molecule has 0 radical (unpaired) electrons. The second-order valence-electron chi connectivity index (χ2n) is 4.37. The van der Waals surface area contributed by atoms with Gasteiger partial charge in [0.05, 0.1) is 17.4 Å². The summed E-state index contributed by atoms with van der Waals surface area (Å²) in [5, 5.41) is 19.2. The Hall–Kier alpha value is -2.48. The van der Waals surface area contributed by atoms with Gasteiger partial charge in [-0.15, -0.1) is 0 Å². The van der Waals surface area contributed by atoms with Gasteiger partial charge in [0.2, 0.25) is 5.43 Å². The minimum Gasteiger partial charge on any atom is -0.477 e. The summed E-state index contributed by atoms with van der Waals surface area (Å²) in [5.41, 5.74) is -1.46. The van der Waals surface area contributed by atoms with Gasteiger partial charge in [0.1, 0.15) is 12.3 Å². The van der Waals surface area contributed by atoms with E-state index in [9.17, 15) is 23.5 Å². The molecule has 2 aromatic rings. The smallest absolute Gasteiger partial charge is 0.341 e. The third-order valence-corrected chi connectivity index (χ3v) is 3.30. The number of carbonyl (C=O) groups is 1. The fourth-order valence-corrected chi connectivity index (χ4v) is 2.39. The molecule has 20 heavy (non-hydrogen) atoms. The number of nitrogens with zero attached hydrogens (tertiary/aromatic N) is 2. The van der Waals surface area contributed by atoms with E-state index in [4.69, 9.17) is 5.11 Å². The molecule has 0 aliphatic carbocycles. The summed E-state index contributed by atoms with van der Waals surface area (Å²) in [6.45, 7) is -0.689. The van der Waals surface area contributed by atoms with Crippen molar-refractivity contribution in [2.75, 3.05) is 11.7 Å². The number of aliphatic hydroxyl groups excluding tert-OH is 1. The van der Waals surface area contributed by atoms with Crippen molar-refractivity contribution in [3.05, 3.63) is 45.2 Å². The van der Waals surface area contributed by atoms with Gasteiger partial charge in [0.25, 0.3) is 0 Å². The van der Waals surface area contributed by atoms with Crippen LogP contribution in [0.4, 0.5) is 8.78 Å². The van der Waals surface area contributed by atoms with E-state index in [-0.39, 0.29) is 23.0 Å². The van der Waals surface area contributed by atoms with Gasteiger partial charge in [-0.05, 0) is 6.07 Å². The molecule has 3 rings (SSSR count). The van der Waals surface area contributed by atoms with Gasteiger partial charge in [0, 0.05) is 11.8 Å². The van der Waals surface area contributed by atoms with Crippen molar-refractivity contribution in [3.63, 3.8) is 0 Å². The number of aliphatic hydroxyl groups is 1. The fourth-order valence-electron chi connectivity index (χ4n) is 2.39. The van der Waals surface area contributed by atoms with Crippen molar-refractivity contribution in [1.82, 2.24) is 4.68 Å². The van der Waals surface area contributed by atoms with Crippen LogP contribution < -0.4 is 10.4 Å². The van der Waals surface area contributed by atoms with Gasteiger partial charge in [0.15, 0.2) is 11.6 Å². The van der Waals surface area contributed by atoms with Crippen LogP contribution in [0.5, 0.6) is 0 Å². The summed E-state index contributed by atoms with van der Waals surface area (Å²) < 4.78 is 28.4. The first-order chi connectivity index (χ1) is 9.45. The normalized spacial score (nSPS) is 13.2. The van der Waals surface area contributed by atoms with Crippen molar-refractivity contribution in [2.24, 2.45) is 0 Å². The maximum absolute atomic E-state index is 13.8. The lowest BCUT2D eigenvalue weighted by Gasteiger charge is -2.19. The summed E-state index contributed by atoms with van der Waals surface area (Å²) in [4.78, 5) is 23.0. The predicted molar refractivity (Wildman–Crippen MR) is 64.1 cm³/mol. The van der Waals surface area contributed by atoms with Crippen molar-refractivity contribution in [1.29, 1.82) is 0 Å². The molecule has 2 heterocycles. The number of carboxylic acids is 1. The number of halogens is 2. The monoisotopic (exact) mass is 282 g/mol. The highest BCUT2D eigenvalue weighted by molar-refractivity contribution is 5.94. The largest absolute Gasteiger partial charge is 0.477 e. The minimum atomic E-state index is -1.48. The topological polar surface area (TPSA) is 82.8 Å². The molecular weight excluding hydrogens is 274 g/mol. The van der Waals surface area contributed by atoms with Gasteiger partial charge in [-0.2, -0.15) is 0 Å². The average Bonchev–Trinajstić information content (AvgIpc) is 2.78. The summed E-state index contributed by atoms with van der Waals surface area (Å²) >= 11 is 0. The van der Waals surface area contributed by atoms with Crippen molar-refractivity contribution < 1.29 is 23.8 Å². The number of carboxylic acid groups (broad SMARTS) is 1. The van der Waals surface area contributed by atoms with Gasteiger partial charge < -0.3 is 10.2 Å². The van der Waals surface area contributed by atoms with E-state index in [1.807, 2.05) is 0 Å². The van der Waals surface area contributed by atoms with E-state index in [0.717, 1.165) is 10.9 Å². The molecule has 0 amide bonds. The standard InChI is InChI=1S/C12H8F2N2O4/c13-8-1-5-10-6(9(8)14)2-15(4-17)16(10)3-7(11(5)18)12(19)20/h1,3,17H,2,4H2,(H,19,20). The highest BCUT2D eigenvalue weighted by Crippen LogP contribution is 2.29. The van der Waals surface area contributed by atoms with Crippen molar-refractivity contribution >= 4 is 16.9 Å². The Balaban J connectivity index is 2.52. The zero-order chi connectivity index (χ0) is 14.6. The van der Waals surface area contributed by atoms with Crippen LogP contribution in [0.25, 0.3) is 10.9 Å². The van der Waals surface area contributed by atoms with Gasteiger partial charge in [-0.3, -0.25) is 14.5 Å². The Bertz CT molecular complexity index is 815. The Morgan fingerprint density at radius 3 is 2.70 bits per heavy atom. The molecule has 2 N–H and O–H groups in total. The first-order valence-electron chi connectivity index (χ1n) is 5.61. The van der Waals surface area contributed by atoms with E-state index in [1.165, 1.54) is 5.01 Å². The highest BCUT2D eigenvalue weighted by Gasteiger charge is 2.28. The molecule has 104 valence electrons. The maximum Gasteiger partial charge on any atom is 0.341 e. The Morgan fingerprint density at radius 2 is 2.10 bits per heavy atom. The van der Waals surface area contributed by atoms with E-state index in [1.54, 1.807) is 0 Å². The van der Waals surface area contributed by atoms with Crippen LogP contribution in [0.15, 0.2) is 17.1 Å². The molecule has 8 heteroatoms. The second-order valence-corrected chi connectivity index (χ2v) is 4.37. The fraction of sp³-hybridized carbons (Fsp3) is 0.167. The number of hydrogen-bond acceptors (Lipinski definition) is 4. The van der Waals surface area contributed by atoms with E-state index in [0.29, 0.717) is 6.07 Å². The lowest BCUT2D eigenvalue weighted by molar-refractivity contribution is 0.0694. The minimum absolute atomic E-state index is 0.0768. The van der Waals surface area contributed by atoms with Gasteiger partial charge >= 0.3 is 5.97 Å². The molecule has 1 aliphatic rings. The predicted octanol–water partition coefficient (Wildman–Crippen LogP) is 0.379. The summed E-state index contributed by atoms with van der Waals surface area (Å²) in [5.74, 6) is -3.81. The molecule has 1 aromatic heterocycles. The van der Waals surface area contributed by atoms with Crippen molar-refractivity contribution in [3.8, 4) is 0 Å². The number of rotatable bonds is 2. The number of aromatic carboxylic acids is 1. The zero-order valence-electron chi connectivity index (χ0n) is 9.93. The first kappa shape index (κ1) is 12.5. The van der Waals surface area contributed by atoms with E-state index < -0.39 is 35.3 Å². The molecule has 6 nitrogen and oxygen atoms in total. The van der Waals surface area contributed by atoms with Crippen LogP contribution in [-0.2, 0) is 6.54 Å². The Kier molecular flexibility index (Phi) is 2.51. The number of hydrogen-bond donors (Lipinski definition) is 2. The third-order valence-electron chi connectivity index (χ3n) is 3.30. The lowest BCUT2D eigenvalue weighted by atomic mass is 10.1. The van der Waals surface area contributed by atoms with E-state index in [2.05, 4.69) is 0 Å². The second kappa shape index (κ2) is 4.01. The van der Waals surface area contributed by atoms with Crippen LogP contribution in [-0.4, -0.2) is 27.6 Å². The van der Waals surface area contributed by atoms with E-state index >= 15 is 0 Å². The summed E-state index contributed by atoms with van der Waals surface area (Å²) in [6.07, 6.45) is 0.997. The molecule has 0 saturated heterocycles. The molecule has 1 aromatic carbocycles. The maximum atomic E-state index is 13.8. The van der Waals surface area contributed by atoms with Crippen molar-refractivity contribution in [2.45, 2.75) is 6.54 Å². The third kappa shape index (κ3) is 1.45. The van der Waals surface area contributed by atoms with Crippen LogP contribution in [0.3, 0.4) is 0 Å². The molecule has 0 bridgehead atoms. The zero-order valence-corrected chi connectivity index (χ0v) is 9.93. The van der Waals surface area contributed by atoms with Crippen LogP contribution in [0.2, 0.25) is 0 Å². The molecule has 0 atom stereocenters. The summed E-state index contributed by atoms with van der Waals surface area (Å²) in [6, 6.07) is 0.681. The van der Waals surface area contributed by atoms with Gasteiger partial charge in [-0.25, -0.2) is 13.6 Å². The Labute approximate surface area is 110 Å². The molecule has 1 aliphatic heterocycles. The average molecular weight is 282 g/mol. The summed E-state index contributed by atoms with van der Waals surface area (Å²) in [7, 11) is 0. The van der Waals surface area contributed by atoms with Gasteiger partial charge in [-0.1, -0.05) is 0 Å².